The summed E-state index contributed by atoms with van der Waals surface area (Å²) in [5.41, 5.74) is -0.594. The van der Waals surface area contributed by atoms with E-state index in [-0.39, 0.29) is 18.5 Å². The molecule has 0 saturated carbocycles. The molecule has 7 nitrogen and oxygen atoms in total. The van der Waals surface area contributed by atoms with E-state index in [2.05, 4.69) is 4.74 Å². The number of benzene rings is 1. The molecule has 0 aliphatic heterocycles. The molecule has 114 valence electrons. The number of methoxy groups -OCH3 is 1. The maximum absolute atomic E-state index is 13.3. The fourth-order valence-corrected chi connectivity index (χ4v) is 1.69. The van der Waals surface area contributed by atoms with E-state index in [4.69, 9.17) is 0 Å². The number of hydrogen-bond acceptors (Lipinski definition) is 5. The molecule has 8 heteroatoms. The van der Waals surface area contributed by atoms with Gasteiger partial charge in [0.05, 0.1) is 18.1 Å². The highest BCUT2D eigenvalue weighted by molar-refractivity contribution is 5.94. The lowest BCUT2D eigenvalue weighted by atomic mass is 10.1. The van der Waals surface area contributed by atoms with Crippen LogP contribution in [0, 0.1) is 15.9 Å². The zero-order valence-electron chi connectivity index (χ0n) is 11.7. The average Bonchev–Trinajstić information content (AvgIpc) is 2.45. The summed E-state index contributed by atoms with van der Waals surface area (Å²) in [5, 5.41) is 10.6. The Balaban J connectivity index is 2.74. The van der Waals surface area contributed by atoms with Gasteiger partial charge in [0.25, 0.3) is 11.6 Å². The number of amides is 1. The maximum Gasteiger partial charge on any atom is 0.305 e. The number of rotatable bonds is 6. The Hall–Kier alpha value is -2.51. The standard InChI is InChI=1S/C13H15FN2O5/c1-15(5-3-4-12(17)21-2)13(18)9-6-10(14)8-11(7-9)16(19)20/h6-8H,3-5H2,1-2H3. The first kappa shape index (κ1) is 16.5. The van der Waals surface area contributed by atoms with Crippen LogP contribution in [0.25, 0.3) is 0 Å². The van der Waals surface area contributed by atoms with E-state index in [1.165, 1.54) is 19.1 Å². The predicted octanol–water partition coefficient (Wildman–Crippen LogP) is 1.76. The molecule has 0 radical (unpaired) electrons. The number of carbonyl (C=O) groups is 2. The third-order valence-corrected chi connectivity index (χ3v) is 2.79. The van der Waals surface area contributed by atoms with Gasteiger partial charge in [-0.25, -0.2) is 4.39 Å². The van der Waals surface area contributed by atoms with Gasteiger partial charge in [-0.05, 0) is 12.5 Å². The molecule has 0 aliphatic rings. The first-order valence-electron chi connectivity index (χ1n) is 6.12. The molecule has 0 N–H and O–H groups in total. The van der Waals surface area contributed by atoms with Crippen LogP contribution in [-0.2, 0) is 9.53 Å². The molecule has 0 aromatic heterocycles. The lowest BCUT2D eigenvalue weighted by molar-refractivity contribution is -0.385. The Kier molecular flexibility index (Phi) is 5.77. The number of hydrogen-bond donors (Lipinski definition) is 0. The van der Waals surface area contributed by atoms with E-state index in [0.717, 1.165) is 18.2 Å². The molecule has 21 heavy (non-hydrogen) atoms. The Morgan fingerprint density at radius 2 is 2.05 bits per heavy atom. The number of nitro benzene ring substituents is 1. The largest absolute Gasteiger partial charge is 0.469 e. The predicted molar refractivity (Wildman–Crippen MR) is 71.3 cm³/mol. The van der Waals surface area contributed by atoms with Crippen LogP contribution in [0.5, 0.6) is 0 Å². The molecule has 1 aromatic carbocycles. The van der Waals surface area contributed by atoms with Crippen molar-refractivity contribution in [2.24, 2.45) is 0 Å². The van der Waals surface area contributed by atoms with Crippen molar-refractivity contribution in [1.82, 2.24) is 4.90 Å². The summed E-state index contributed by atoms with van der Waals surface area (Å²) in [5.74, 6) is -1.80. The fourth-order valence-electron chi connectivity index (χ4n) is 1.69. The van der Waals surface area contributed by atoms with Crippen molar-refractivity contribution in [3.05, 3.63) is 39.7 Å². The molecule has 0 bridgehead atoms. The first-order valence-corrected chi connectivity index (χ1v) is 6.12. The van der Waals surface area contributed by atoms with Crippen LogP contribution in [0.4, 0.5) is 10.1 Å². The van der Waals surface area contributed by atoms with Crippen molar-refractivity contribution >= 4 is 17.6 Å². The molecule has 0 fully saturated rings. The van der Waals surface area contributed by atoms with Crippen LogP contribution in [0.15, 0.2) is 18.2 Å². The van der Waals surface area contributed by atoms with Gasteiger partial charge in [-0.1, -0.05) is 0 Å². The van der Waals surface area contributed by atoms with E-state index >= 15 is 0 Å². The summed E-state index contributed by atoms with van der Waals surface area (Å²) < 4.78 is 17.7. The summed E-state index contributed by atoms with van der Waals surface area (Å²) in [7, 11) is 2.74. The molecular weight excluding hydrogens is 283 g/mol. The number of esters is 1. The molecule has 1 rings (SSSR count). The highest BCUT2D eigenvalue weighted by Gasteiger charge is 2.17. The van der Waals surface area contributed by atoms with E-state index < -0.39 is 28.3 Å². The van der Waals surface area contributed by atoms with Crippen molar-refractivity contribution in [3.63, 3.8) is 0 Å². The van der Waals surface area contributed by atoms with Crippen LogP contribution < -0.4 is 0 Å². The first-order chi connectivity index (χ1) is 9.85. The van der Waals surface area contributed by atoms with Gasteiger partial charge in [0, 0.05) is 31.6 Å². The van der Waals surface area contributed by atoms with Gasteiger partial charge in [0.1, 0.15) is 5.82 Å². The van der Waals surface area contributed by atoms with Crippen molar-refractivity contribution in [2.45, 2.75) is 12.8 Å². The monoisotopic (exact) mass is 298 g/mol. The van der Waals surface area contributed by atoms with Crippen molar-refractivity contribution < 1.29 is 23.6 Å². The van der Waals surface area contributed by atoms with E-state index in [1.54, 1.807) is 0 Å². The lowest BCUT2D eigenvalue weighted by Crippen LogP contribution is -2.28. The summed E-state index contributed by atoms with van der Waals surface area (Å²) in [4.78, 5) is 34.1. The number of halogens is 1. The highest BCUT2D eigenvalue weighted by Crippen LogP contribution is 2.17. The molecule has 0 spiro atoms. The smallest absolute Gasteiger partial charge is 0.305 e. The van der Waals surface area contributed by atoms with E-state index in [0.29, 0.717) is 6.42 Å². The van der Waals surface area contributed by atoms with Crippen LogP contribution in [0.3, 0.4) is 0 Å². The van der Waals surface area contributed by atoms with E-state index in [1.807, 2.05) is 0 Å². The number of ether oxygens (including phenoxy) is 1. The van der Waals surface area contributed by atoms with E-state index in [9.17, 15) is 24.1 Å². The number of nitrogens with zero attached hydrogens (tertiary/aromatic N) is 2. The van der Waals surface area contributed by atoms with Crippen LogP contribution in [0.1, 0.15) is 23.2 Å². The second kappa shape index (κ2) is 7.32. The molecule has 1 amide bonds. The molecule has 0 aliphatic carbocycles. The fraction of sp³-hybridized carbons (Fsp3) is 0.385. The van der Waals surface area contributed by atoms with Gasteiger partial charge in [-0.2, -0.15) is 0 Å². The van der Waals surface area contributed by atoms with Crippen LogP contribution >= 0.6 is 0 Å². The van der Waals surface area contributed by atoms with Crippen molar-refractivity contribution in [3.8, 4) is 0 Å². The summed E-state index contributed by atoms with van der Waals surface area (Å²) >= 11 is 0. The summed E-state index contributed by atoms with van der Waals surface area (Å²) in [6.45, 7) is 0.248. The Morgan fingerprint density at radius 3 is 2.62 bits per heavy atom. The van der Waals surface area contributed by atoms with Gasteiger partial charge >= 0.3 is 5.97 Å². The average molecular weight is 298 g/mol. The normalized spacial score (nSPS) is 10.0. The molecule has 0 saturated heterocycles. The third-order valence-electron chi connectivity index (χ3n) is 2.79. The summed E-state index contributed by atoms with van der Waals surface area (Å²) in [6, 6.07) is 2.70. The Labute approximate surface area is 120 Å². The topological polar surface area (TPSA) is 89.8 Å². The Morgan fingerprint density at radius 1 is 1.38 bits per heavy atom. The van der Waals surface area contributed by atoms with Crippen LogP contribution in [-0.4, -0.2) is 42.4 Å². The van der Waals surface area contributed by atoms with Gasteiger partial charge < -0.3 is 9.64 Å². The molecular formula is C13H15FN2O5. The lowest BCUT2D eigenvalue weighted by Gasteiger charge is -2.16. The van der Waals surface area contributed by atoms with Gasteiger partial charge in [-0.3, -0.25) is 19.7 Å². The second-order valence-electron chi connectivity index (χ2n) is 4.36. The SMILES string of the molecule is COC(=O)CCCN(C)C(=O)c1cc(F)cc([N+](=O)[O-])c1. The molecule has 0 heterocycles. The summed E-state index contributed by atoms with van der Waals surface area (Å²) in [6.07, 6.45) is 0.531. The maximum atomic E-state index is 13.3. The highest BCUT2D eigenvalue weighted by atomic mass is 19.1. The minimum Gasteiger partial charge on any atom is -0.469 e. The quantitative estimate of drug-likeness (QED) is 0.453. The van der Waals surface area contributed by atoms with Crippen molar-refractivity contribution in [2.75, 3.05) is 20.7 Å². The van der Waals surface area contributed by atoms with Crippen molar-refractivity contribution in [1.29, 1.82) is 0 Å². The molecule has 1 aromatic rings. The number of nitro groups is 1. The Bertz CT molecular complexity index is 561. The van der Waals surface area contributed by atoms with Gasteiger partial charge in [0.15, 0.2) is 0 Å². The third kappa shape index (κ3) is 4.83. The number of non-ortho nitro benzene ring substituents is 1. The van der Waals surface area contributed by atoms with Gasteiger partial charge in [0.2, 0.25) is 0 Å². The second-order valence-corrected chi connectivity index (χ2v) is 4.36. The van der Waals surface area contributed by atoms with Gasteiger partial charge in [-0.15, -0.1) is 0 Å². The molecule has 0 unspecified atom stereocenters. The minimum absolute atomic E-state index is 0.109. The van der Waals surface area contributed by atoms with Crippen LogP contribution in [0.2, 0.25) is 0 Å². The minimum atomic E-state index is -0.851. The zero-order chi connectivity index (χ0) is 16.0. The zero-order valence-corrected chi connectivity index (χ0v) is 11.7. The molecule has 0 atom stereocenters. The number of carbonyl (C=O) groups excluding carboxylic acids is 2.